The minimum absolute atomic E-state index is 0.00527. The van der Waals surface area contributed by atoms with Gasteiger partial charge in [0.2, 0.25) is 0 Å². The van der Waals surface area contributed by atoms with Crippen molar-refractivity contribution in [1.82, 2.24) is 0 Å². The first-order valence-corrected chi connectivity index (χ1v) is 5.76. The smallest absolute Gasteiger partial charge is 0.336 e. The summed E-state index contributed by atoms with van der Waals surface area (Å²) in [6.07, 6.45) is 2.41. The second-order valence-corrected chi connectivity index (χ2v) is 3.99. The van der Waals surface area contributed by atoms with E-state index in [1.807, 2.05) is 43.3 Å². The summed E-state index contributed by atoms with van der Waals surface area (Å²) in [5, 5.41) is 0. The van der Waals surface area contributed by atoms with Crippen molar-refractivity contribution >= 4 is 5.97 Å². The van der Waals surface area contributed by atoms with Gasteiger partial charge in [-0.15, -0.1) is 0 Å². The molecule has 0 radical (unpaired) electrons. The first kappa shape index (κ1) is 11.9. The van der Waals surface area contributed by atoms with E-state index in [0.717, 1.165) is 12.0 Å². The van der Waals surface area contributed by atoms with Gasteiger partial charge in [-0.25, -0.2) is 4.79 Å². The summed E-state index contributed by atoms with van der Waals surface area (Å²) in [6, 6.07) is 9.73. The van der Waals surface area contributed by atoms with E-state index in [1.54, 1.807) is 0 Å². The zero-order valence-electron chi connectivity index (χ0n) is 10.1. The van der Waals surface area contributed by atoms with Crippen LogP contribution in [-0.4, -0.2) is 19.2 Å². The zero-order valence-corrected chi connectivity index (χ0v) is 10.1. The van der Waals surface area contributed by atoms with Crippen molar-refractivity contribution in [3.05, 3.63) is 47.5 Å². The standard InChI is InChI=1S/C14H16O3/c1-3-11-9-12(14(15)16-2)13(17-11)10-7-5-4-6-8-10/h4-9,11,13H,3H2,1-2H3/t11-,13-/m0/s1. The van der Waals surface area contributed by atoms with Gasteiger partial charge in [-0.05, 0) is 18.1 Å². The normalized spacial score (nSPS) is 23.3. The molecule has 0 saturated carbocycles. The van der Waals surface area contributed by atoms with Gasteiger partial charge >= 0.3 is 5.97 Å². The van der Waals surface area contributed by atoms with Crippen LogP contribution in [0.15, 0.2) is 42.0 Å². The Morgan fingerprint density at radius 1 is 1.35 bits per heavy atom. The van der Waals surface area contributed by atoms with Gasteiger partial charge in [0, 0.05) is 0 Å². The molecule has 17 heavy (non-hydrogen) atoms. The van der Waals surface area contributed by atoms with E-state index in [0.29, 0.717) is 5.57 Å². The molecule has 0 aromatic heterocycles. The zero-order chi connectivity index (χ0) is 12.3. The number of hydrogen-bond acceptors (Lipinski definition) is 3. The Hall–Kier alpha value is -1.61. The molecule has 0 amide bonds. The van der Waals surface area contributed by atoms with Gasteiger partial charge in [0.15, 0.2) is 0 Å². The monoisotopic (exact) mass is 232 g/mol. The number of carbonyl (C=O) groups excluding carboxylic acids is 1. The Bertz CT molecular complexity index is 422. The van der Waals surface area contributed by atoms with Crippen LogP contribution >= 0.6 is 0 Å². The lowest BCUT2D eigenvalue weighted by Gasteiger charge is -2.15. The molecule has 0 N–H and O–H groups in total. The highest BCUT2D eigenvalue weighted by Gasteiger charge is 2.32. The summed E-state index contributed by atoms with van der Waals surface area (Å²) in [5.74, 6) is -0.310. The minimum atomic E-state index is -0.310. The van der Waals surface area contributed by atoms with E-state index in [9.17, 15) is 4.79 Å². The molecular weight excluding hydrogens is 216 g/mol. The molecule has 3 heteroatoms. The number of ether oxygens (including phenoxy) is 2. The third-order valence-electron chi connectivity index (χ3n) is 2.88. The van der Waals surface area contributed by atoms with E-state index in [4.69, 9.17) is 9.47 Å². The number of rotatable bonds is 3. The van der Waals surface area contributed by atoms with E-state index in [-0.39, 0.29) is 18.2 Å². The lowest BCUT2D eigenvalue weighted by Crippen LogP contribution is -2.12. The maximum absolute atomic E-state index is 11.7. The highest BCUT2D eigenvalue weighted by atomic mass is 16.5. The Labute approximate surface area is 101 Å². The number of methoxy groups -OCH3 is 1. The quantitative estimate of drug-likeness (QED) is 0.751. The van der Waals surface area contributed by atoms with Gasteiger partial charge < -0.3 is 9.47 Å². The fraction of sp³-hybridized carbons (Fsp3) is 0.357. The van der Waals surface area contributed by atoms with Crippen LogP contribution in [0, 0.1) is 0 Å². The highest BCUT2D eigenvalue weighted by Crippen LogP contribution is 2.34. The maximum atomic E-state index is 11.7. The highest BCUT2D eigenvalue weighted by molar-refractivity contribution is 5.90. The van der Waals surface area contributed by atoms with Crippen molar-refractivity contribution in [2.75, 3.05) is 7.11 Å². The van der Waals surface area contributed by atoms with Crippen LogP contribution < -0.4 is 0 Å². The van der Waals surface area contributed by atoms with Crippen LogP contribution in [0.4, 0.5) is 0 Å². The predicted octanol–water partition coefficient (Wildman–Crippen LogP) is 2.64. The van der Waals surface area contributed by atoms with Crippen molar-refractivity contribution in [3.63, 3.8) is 0 Å². The van der Waals surface area contributed by atoms with Crippen molar-refractivity contribution < 1.29 is 14.3 Å². The molecule has 3 nitrogen and oxygen atoms in total. The van der Waals surface area contributed by atoms with Gasteiger partial charge in [-0.2, -0.15) is 0 Å². The van der Waals surface area contributed by atoms with Crippen molar-refractivity contribution in [1.29, 1.82) is 0 Å². The lowest BCUT2D eigenvalue weighted by atomic mass is 10.0. The van der Waals surface area contributed by atoms with Crippen molar-refractivity contribution in [3.8, 4) is 0 Å². The number of benzene rings is 1. The van der Waals surface area contributed by atoms with Crippen LogP contribution in [0.1, 0.15) is 25.0 Å². The molecular formula is C14H16O3. The van der Waals surface area contributed by atoms with Crippen LogP contribution in [0.25, 0.3) is 0 Å². The van der Waals surface area contributed by atoms with Crippen LogP contribution in [0.3, 0.4) is 0 Å². The summed E-state index contributed by atoms with van der Waals surface area (Å²) in [6.45, 7) is 2.03. The van der Waals surface area contributed by atoms with E-state index in [1.165, 1.54) is 7.11 Å². The molecule has 0 saturated heterocycles. The average Bonchev–Trinajstić information content (AvgIpc) is 2.83. The van der Waals surface area contributed by atoms with Crippen LogP contribution in [0.5, 0.6) is 0 Å². The Balaban J connectivity index is 2.29. The molecule has 2 atom stereocenters. The lowest BCUT2D eigenvalue weighted by molar-refractivity contribution is -0.137. The number of carbonyl (C=O) groups is 1. The minimum Gasteiger partial charge on any atom is -0.466 e. The first-order valence-electron chi connectivity index (χ1n) is 5.76. The topological polar surface area (TPSA) is 35.5 Å². The Morgan fingerprint density at radius 3 is 2.65 bits per heavy atom. The molecule has 0 bridgehead atoms. The van der Waals surface area contributed by atoms with Crippen LogP contribution in [0.2, 0.25) is 0 Å². The van der Waals surface area contributed by atoms with Gasteiger partial charge in [0.1, 0.15) is 6.10 Å². The average molecular weight is 232 g/mol. The van der Waals surface area contributed by atoms with Crippen LogP contribution in [-0.2, 0) is 14.3 Å². The van der Waals surface area contributed by atoms with Gasteiger partial charge in [-0.3, -0.25) is 0 Å². The molecule has 0 fully saturated rings. The number of esters is 1. The first-order chi connectivity index (χ1) is 8.26. The largest absolute Gasteiger partial charge is 0.466 e. The van der Waals surface area contributed by atoms with E-state index in [2.05, 4.69) is 0 Å². The van der Waals surface area contributed by atoms with Gasteiger partial charge in [-0.1, -0.05) is 37.3 Å². The SMILES string of the molecule is CC[C@H]1C=C(C(=O)OC)[C@H](c2ccccc2)O1. The third-order valence-corrected chi connectivity index (χ3v) is 2.88. The third kappa shape index (κ3) is 2.39. The molecule has 1 aromatic carbocycles. The van der Waals surface area contributed by atoms with Crippen molar-refractivity contribution in [2.24, 2.45) is 0 Å². The molecule has 0 aliphatic carbocycles. The fourth-order valence-electron chi connectivity index (χ4n) is 1.97. The van der Waals surface area contributed by atoms with Crippen molar-refractivity contribution in [2.45, 2.75) is 25.6 Å². The van der Waals surface area contributed by atoms with E-state index < -0.39 is 0 Å². The number of hydrogen-bond donors (Lipinski definition) is 0. The molecule has 90 valence electrons. The molecule has 1 aromatic rings. The van der Waals surface area contributed by atoms with E-state index >= 15 is 0 Å². The summed E-state index contributed by atoms with van der Waals surface area (Å²) >= 11 is 0. The predicted molar refractivity (Wildman–Crippen MR) is 64.4 cm³/mol. The van der Waals surface area contributed by atoms with Gasteiger partial charge in [0.25, 0.3) is 0 Å². The molecule has 1 aliphatic heterocycles. The Morgan fingerprint density at radius 2 is 2.06 bits per heavy atom. The molecule has 0 unspecified atom stereocenters. The van der Waals surface area contributed by atoms with Gasteiger partial charge in [0.05, 0.1) is 18.8 Å². The molecule has 0 spiro atoms. The second-order valence-electron chi connectivity index (χ2n) is 3.99. The summed E-state index contributed by atoms with van der Waals surface area (Å²) < 4.78 is 10.6. The maximum Gasteiger partial charge on any atom is 0.336 e. The summed E-state index contributed by atoms with van der Waals surface area (Å²) in [5.41, 5.74) is 1.59. The molecule has 1 aliphatic rings. The Kier molecular flexibility index (Phi) is 3.59. The summed E-state index contributed by atoms with van der Waals surface area (Å²) in [4.78, 5) is 11.7. The second kappa shape index (κ2) is 5.15. The molecule has 1 heterocycles. The molecule has 2 rings (SSSR count). The summed E-state index contributed by atoms with van der Waals surface area (Å²) in [7, 11) is 1.39. The fourth-order valence-corrected chi connectivity index (χ4v) is 1.97.